The highest BCUT2D eigenvalue weighted by Crippen LogP contribution is 2.23. The Morgan fingerprint density at radius 3 is 2.45 bits per heavy atom. The van der Waals surface area contributed by atoms with E-state index < -0.39 is 0 Å². The molecule has 3 N–H and O–H groups in total. The largest absolute Gasteiger partial charge is 0.353 e. The topological polar surface area (TPSA) is 58.4 Å². The lowest BCUT2D eigenvalue weighted by atomic mass is 9.85. The number of nitrogens with zero attached hydrogens (tertiary/aromatic N) is 1. The van der Waals surface area contributed by atoms with Crippen LogP contribution in [0.15, 0.2) is 0 Å². The number of piperidine rings is 1. The van der Waals surface area contributed by atoms with Gasteiger partial charge in [0.2, 0.25) is 5.91 Å². The van der Waals surface area contributed by atoms with Crippen LogP contribution < -0.4 is 11.1 Å². The molecule has 2 aliphatic rings. The van der Waals surface area contributed by atoms with E-state index in [1.165, 1.54) is 19.4 Å². The number of likely N-dealkylation sites (tertiary alicyclic amines) is 1. The molecule has 2 fully saturated rings. The fraction of sp³-hybridized carbons (Fsp3) is 0.938. The molecule has 132 valence electrons. The average molecular weight is 354 g/mol. The van der Waals surface area contributed by atoms with Crippen molar-refractivity contribution in [2.24, 2.45) is 11.7 Å². The first-order chi connectivity index (χ1) is 9.69. The van der Waals surface area contributed by atoms with Crippen molar-refractivity contribution < 1.29 is 4.79 Å². The van der Waals surface area contributed by atoms with Gasteiger partial charge in [-0.3, -0.25) is 4.79 Å². The Kier molecular flexibility index (Phi) is 11.5. The van der Waals surface area contributed by atoms with Crippen LogP contribution in [0, 0.1) is 5.92 Å². The third-order valence-corrected chi connectivity index (χ3v) is 4.85. The van der Waals surface area contributed by atoms with E-state index in [2.05, 4.69) is 17.1 Å². The molecule has 0 radical (unpaired) electrons. The molecule has 1 aliphatic heterocycles. The number of carbonyl (C=O) groups is 1. The van der Waals surface area contributed by atoms with Gasteiger partial charge in [0.25, 0.3) is 0 Å². The second-order valence-electron chi connectivity index (χ2n) is 6.60. The zero-order valence-corrected chi connectivity index (χ0v) is 15.4. The quantitative estimate of drug-likeness (QED) is 0.798. The molecule has 0 aromatic heterocycles. The molecule has 4 nitrogen and oxygen atoms in total. The van der Waals surface area contributed by atoms with E-state index >= 15 is 0 Å². The Bertz CT molecular complexity index is 310. The van der Waals surface area contributed by atoms with Gasteiger partial charge in [0.15, 0.2) is 0 Å². The smallest absolute Gasteiger partial charge is 0.223 e. The Hall–Kier alpha value is -0.0300. The van der Waals surface area contributed by atoms with Crippen molar-refractivity contribution >= 4 is 30.7 Å². The Labute approximate surface area is 147 Å². The standard InChI is InChI=1S/C16H31N3O.2ClH/c1-2-3-9-19-10-7-15(8-11-19)18-16(20)13-5-4-6-14(17)12-13;;/h13-15H,2-12,17H2,1H3,(H,18,20);2*1H. The molecule has 2 rings (SSSR count). The fourth-order valence-corrected chi connectivity index (χ4v) is 3.47. The summed E-state index contributed by atoms with van der Waals surface area (Å²) in [6.07, 6.45) is 8.85. The lowest BCUT2D eigenvalue weighted by Gasteiger charge is -2.34. The number of halogens is 2. The number of hydrogen-bond acceptors (Lipinski definition) is 3. The SMILES string of the molecule is CCCCN1CCC(NC(=O)C2CCCC(N)C2)CC1.Cl.Cl. The van der Waals surface area contributed by atoms with E-state index in [9.17, 15) is 4.79 Å². The van der Waals surface area contributed by atoms with Gasteiger partial charge < -0.3 is 16.0 Å². The molecule has 2 unspecified atom stereocenters. The van der Waals surface area contributed by atoms with E-state index in [0.29, 0.717) is 6.04 Å². The first kappa shape index (κ1) is 22.0. The van der Waals surface area contributed by atoms with Gasteiger partial charge in [-0.25, -0.2) is 0 Å². The van der Waals surface area contributed by atoms with E-state index in [-0.39, 0.29) is 42.7 Å². The summed E-state index contributed by atoms with van der Waals surface area (Å²) in [5.74, 6) is 0.420. The van der Waals surface area contributed by atoms with Crippen LogP contribution in [0.5, 0.6) is 0 Å². The number of unbranched alkanes of at least 4 members (excludes halogenated alkanes) is 1. The zero-order chi connectivity index (χ0) is 14.4. The molecule has 1 aliphatic carbocycles. The van der Waals surface area contributed by atoms with Gasteiger partial charge in [-0.2, -0.15) is 0 Å². The van der Waals surface area contributed by atoms with Crippen LogP contribution in [0.2, 0.25) is 0 Å². The maximum atomic E-state index is 12.3. The number of nitrogens with two attached hydrogens (primary N) is 1. The Morgan fingerprint density at radius 2 is 1.86 bits per heavy atom. The summed E-state index contributed by atoms with van der Waals surface area (Å²) in [7, 11) is 0. The van der Waals surface area contributed by atoms with Gasteiger partial charge in [-0.15, -0.1) is 24.8 Å². The van der Waals surface area contributed by atoms with Crippen molar-refractivity contribution in [3.63, 3.8) is 0 Å². The number of hydrogen-bond donors (Lipinski definition) is 2. The monoisotopic (exact) mass is 353 g/mol. The predicted molar refractivity (Wildman–Crippen MR) is 96.9 cm³/mol. The maximum Gasteiger partial charge on any atom is 0.223 e. The number of rotatable bonds is 5. The summed E-state index contributed by atoms with van der Waals surface area (Å²) in [6, 6.07) is 0.619. The predicted octanol–water partition coefficient (Wildman–Crippen LogP) is 2.73. The lowest BCUT2D eigenvalue weighted by molar-refractivity contribution is -0.127. The lowest BCUT2D eigenvalue weighted by Crippen LogP contribution is -2.47. The summed E-state index contributed by atoms with van der Waals surface area (Å²) in [5.41, 5.74) is 5.97. The molecular weight excluding hydrogens is 321 g/mol. The molecular formula is C16H33Cl2N3O. The van der Waals surface area contributed by atoms with Crippen LogP contribution >= 0.6 is 24.8 Å². The van der Waals surface area contributed by atoms with E-state index in [1.54, 1.807) is 0 Å². The second-order valence-corrected chi connectivity index (χ2v) is 6.60. The van der Waals surface area contributed by atoms with Crippen molar-refractivity contribution in [3.05, 3.63) is 0 Å². The van der Waals surface area contributed by atoms with Gasteiger partial charge in [-0.05, 0) is 45.1 Å². The summed E-state index contributed by atoms with van der Waals surface area (Å²) in [6.45, 7) is 5.72. The molecule has 1 saturated carbocycles. The summed E-state index contributed by atoms with van der Waals surface area (Å²) in [5, 5.41) is 3.26. The van der Waals surface area contributed by atoms with E-state index in [4.69, 9.17) is 5.73 Å². The number of amides is 1. The first-order valence-electron chi connectivity index (χ1n) is 8.47. The first-order valence-corrected chi connectivity index (χ1v) is 8.47. The molecule has 1 saturated heterocycles. The molecule has 0 spiro atoms. The van der Waals surface area contributed by atoms with Crippen LogP contribution in [0.1, 0.15) is 58.3 Å². The van der Waals surface area contributed by atoms with Crippen molar-refractivity contribution in [1.82, 2.24) is 10.2 Å². The highest BCUT2D eigenvalue weighted by molar-refractivity contribution is 5.85. The van der Waals surface area contributed by atoms with Crippen molar-refractivity contribution in [1.29, 1.82) is 0 Å². The van der Waals surface area contributed by atoms with Crippen LogP contribution in [0.4, 0.5) is 0 Å². The van der Waals surface area contributed by atoms with Crippen LogP contribution in [0.25, 0.3) is 0 Å². The molecule has 6 heteroatoms. The van der Waals surface area contributed by atoms with Crippen molar-refractivity contribution in [2.75, 3.05) is 19.6 Å². The molecule has 1 heterocycles. The number of nitrogens with one attached hydrogen (secondary N) is 1. The third-order valence-electron chi connectivity index (χ3n) is 4.85. The molecule has 1 amide bonds. The van der Waals surface area contributed by atoms with E-state index in [0.717, 1.165) is 51.6 Å². The molecule has 22 heavy (non-hydrogen) atoms. The van der Waals surface area contributed by atoms with Gasteiger partial charge in [0.1, 0.15) is 0 Å². The number of carbonyl (C=O) groups excluding carboxylic acids is 1. The summed E-state index contributed by atoms with van der Waals surface area (Å²) < 4.78 is 0. The van der Waals surface area contributed by atoms with Gasteiger partial charge in [-0.1, -0.05) is 19.8 Å². The fourth-order valence-electron chi connectivity index (χ4n) is 3.47. The van der Waals surface area contributed by atoms with Crippen LogP contribution in [0.3, 0.4) is 0 Å². The molecule has 0 aromatic rings. The van der Waals surface area contributed by atoms with Gasteiger partial charge >= 0.3 is 0 Å². The normalized spacial score (nSPS) is 26.6. The minimum Gasteiger partial charge on any atom is -0.353 e. The average Bonchev–Trinajstić information content (AvgIpc) is 2.46. The molecule has 0 aromatic carbocycles. The van der Waals surface area contributed by atoms with Gasteiger partial charge in [0, 0.05) is 31.1 Å². The minimum atomic E-state index is 0. The summed E-state index contributed by atoms with van der Waals surface area (Å²) in [4.78, 5) is 14.8. The Morgan fingerprint density at radius 1 is 1.18 bits per heavy atom. The maximum absolute atomic E-state index is 12.3. The molecule has 2 atom stereocenters. The van der Waals surface area contributed by atoms with Gasteiger partial charge in [0.05, 0.1) is 0 Å². The van der Waals surface area contributed by atoms with E-state index in [1.807, 2.05) is 0 Å². The highest BCUT2D eigenvalue weighted by Gasteiger charge is 2.28. The summed E-state index contributed by atoms with van der Waals surface area (Å²) >= 11 is 0. The molecule has 0 bridgehead atoms. The zero-order valence-electron chi connectivity index (χ0n) is 13.8. The highest BCUT2D eigenvalue weighted by atomic mass is 35.5. The van der Waals surface area contributed by atoms with Crippen molar-refractivity contribution in [2.45, 2.75) is 70.4 Å². The third kappa shape index (κ3) is 7.03. The Balaban J connectivity index is 0.00000220. The van der Waals surface area contributed by atoms with Crippen molar-refractivity contribution in [3.8, 4) is 0 Å². The van der Waals surface area contributed by atoms with Crippen LogP contribution in [-0.4, -0.2) is 42.5 Å². The second kappa shape index (κ2) is 11.5. The minimum absolute atomic E-state index is 0. The van der Waals surface area contributed by atoms with Crippen LogP contribution in [-0.2, 0) is 4.79 Å².